The van der Waals surface area contributed by atoms with E-state index in [1.165, 1.54) is 30.7 Å². The molecule has 2 atom stereocenters. The molecule has 2 aromatic rings. The zero-order valence-electron chi connectivity index (χ0n) is 15.1. The number of rotatable bonds is 8. The van der Waals surface area contributed by atoms with E-state index in [0.717, 1.165) is 12.8 Å². The highest BCUT2D eigenvalue weighted by molar-refractivity contribution is 7.89. The predicted octanol–water partition coefficient (Wildman–Crippen LogP) is 3.80. The third-order valence-corrected chi connectivity index (χ3v) is 6.26. The normalized spacial score (nSPS) is 13.8. The van der Waals surface area contributed by atoms with Crippen molar-refractivity contribution < 1.29 is 13.2 Å². The minimum atomic E-state index is -3.98. The lowest BCUT2D eigenvalue weighted by molar-refractivity contribution is -0.123. The molecule has 1 amide bonds. The van der Waals surface area contributed by atoms with E-state index in [1.54, 1.807) is 0 Å². The van der Waals surface area contributed by atoms with E-state index < -0.39 is 22.0 Å². The maximum absolute atomic E-state index is 12.5. The van der Waals surface area contributed by atoms with E-state index >= 15 is 0 Å². The van der Waals surface area contributed by atoms with Crippen LogP contribution in [0.2, 0.25) is 10.0 Å². The molecule has 0 aliphatic heterocycles. The van der Waals surface area contributed by atoms with Gasteiger partial charge in [-0.1, -0.05) is 53.5 Å². The van der Waals surface area contributed by atoms with Crippen LogP contribution in [0.4, 0.5) is 0 Å². The van der Waals surface area contributed by atoms with Crippen LogP contribution in [-0.2, 0) is 21.2 Å². The molecule has 146 valence electrons. The van der Waals surface area contributed by atoms with Crippen LogP contribution < -0.4 is 10.0 Å². The zero-order chi connectivity index (χ0) is 20.0. The Labute approximate surface area is 170 Å². The smallest absolute Gasteiger partial charge is 0.242 e. The van der Waals surface area contributed by atoms with E-state index in [0.29, 0.717) is 0 Å². The Hall–Kier alpha value is -1.60. The van der Waals surface area contributed by atoms with Crippen LogP contribution in [0.5, 0.6) is 0 Å². The first-order chi connectivity index (χ1) is 12.7. The summed E-state index contributed by atoms with van der Waals surface area (Å²) in [5.74, 6) is -0.405. The molecule has 2 N–H and O–H groups in total. The number of benzene rings is 2. The molecule has 0 heterocycles. The van der Waals surface area contributed by atoms with Crippen molar-refractivity contribution >= 4 is 39.1 Å². The van der Waals surface area contributed by atoms with Gasteiger partial charge in [0.2, 0.25) is 15.9 Å². The maximum atomic E-state index is 12.5. The number of carbonyl (C=O) groups is 1. The zero-order valence-corrected chi connectivity index (χ0v) is 17.4. The van der Waals surface area contributed by atoms with Gasteiger partial charge in [-0.3, -0.25) is 4.79 Å². The fourth-order valence-electron chi connectivity index (χ4n) is 2.50. The summed E-state index contributed by atoms with van der Waals surface area (Å²) < 4.78 is 27.3. The number of carbonyl (C=O) groups excluding carboxylic acids is 1. The van der Waals surface area contributed by atoms with Gasteiger partial charge in [0.05, 0.1) is 11.1 Å². The minimum absolute atomic E-state index is 0.0377. The van der Waals surface area contributed by atoms with Crippen molar-refractivity contribution in [2.24, 2.45) is 0 Å². The molecule has 2 aromatic carbocycles. The van der Waals surface area contributed by atoms with Gasteiger partial charge in [0.15, 0.2) is 0 Å². The predicted molar refractivity (Wildman–Crippen MR) is 109 cm³/mol. The van der Waals surface area contributed by atoms with E-state index in [-0.39, 0.29) is 21.0 Å². The first-order valence-corrected chi connectivity index (χ1v) is 10.7. The van der Waals surface area contributed by atoms with Crippen molar-refractivity contribution in [3.05, 3.63) is 64.1 Å². The molecule has 0 spiro atoms. The van der Waals surface area contributed by atoms with E-state index in [9.17, 15) is 13.2 Å². The van der Waals surface area contributed by atoms with Crippen molar-refractivity contribution in [3.63, 3.8) is 0 Å². The van der Waals surface area contributed by atoms with E-state index in [2.05, 4.69) is 10.0 Å². The van der Waals surface area contributed by atoms with Crippen molar-refractivity contribution in [2.75, 3.05) is 0 Å². The van der Waals surface area contributed by atoms with E-state index in [4.69, 9.17) is 23.2 Å². The minimum Gasteiger partial charge on any atom is -0.352 e. The Bertz CT molecular complexity index is 889. The summed E-state index contributed by atoms with van der Waals surface area (Å²) in [6, 6.07) is 13.0. The summed E-state index contributed by atoms with van der Waals surface area (Å²) in [5, 5.41) is 3.10. The highest BCUT2D eigenvalue weighted by Gasteiger charge is 2.25. The number of halogens is 2. The number of hydrogen-bond acceptors (Lipinski definition) is 3. The largest absolute Gasteiger partial charge is 0.352 e. The summed E-state index contributed by atoms with van der Waals surface area (Å²) in [5.41, 5.74) is 1.18. The molecule has 0 fully saturated rings. The summed E-state index contributed by atoms with van der Waals surface area (Å²) in [6.07, 6.45) is 1.57. The van der Waals surface area contributed by atoms with Crippen LogP contribution >= 0.6 is 23.2 Å². The lowest BCUT2D eigenvalue weighted by atomic mass is 10.1. The molecule has 0 saturated carbocycles. The number of amides is 1. The molecule has 0 bridgehead atoms. The molecule has 0 aromatic heterocycles. The summed E-state index contributed by atoms with van der Waals surface area (Å²) in [4.78, 5) is 12.2. The molecule has 0 unspecified atom stereocenters. The van der Waals surface area contributed by atoms with Crippen LogP contribution in [0.15, 0.2) is 53.4 Å². The average molecular weight is 429 g/mol. The third-order valence-electron chi connectivity index (χ3n) is 4.01. The Morgan fingerprint density at radius 1 is 1.07 bits per heavy atom. The second-order valence-corrected chi connectivity index (χ2v) is 8.88. The van der Waals surface area contributed by atoms with Gasteiger partial charge in [-0.2, -0.15) is 4.72 Å². The van der Waals surface area contributed by atoms with Crippen LogP contribution in [0.3, 0.4) is 0 Å². The van der Waals surface area contributed by atoms with Crippen LogP contribution in [0.25, 0.3) is 0 Å². The third kappa shape index (κ3) is 6.50. The van der Waals surface area contributed by atoms with Crippen molar-refractivity contribution in [3.8, 4) is 0 Å². The van der Waals surface area contributed by atoms with Gasteiger partial charge in [0.25, 0.3) is 0 Å². The van der Waals surface area contributed by atoms with Crippen molar-refractivity contribution in [2.45, 2.75) is 43.7 Å². The quantitative estimate of drug-likeness (QED) is 0.671. The lowest BCUT2D eigenvalue weighted by Gasteiger charge is -2.19. The van der Waals surface area contributed by atoms with Crippen molar-refractivity contribution in [1.82, 2.24) is 10.0 Å². The van der Waals surface area contributed by atoms with Crippen LogP contribution in [0.1, 0.15) is 25.8 Å². The van der Waals surface area contributed by atoms with Gasteiger partial charge in [-0.25, -0.2) is 8.42 Å². The van der Waals surface area contributed by atoms with Gasteiger partial charge in [0, 0.05) is 11.1 Å². The van der Waals surface area contributed by atoms with Crippen LogP contribution in [0, 0.1) is 0 Å². The Kier molecular flexibility index (Phi) is 7.68. The van der Waals surface area contributed by atoms with E-state index in [1.807, 2.05) is 37.3 Å². The highest BCUT2D eigenvalue weighted by Crippen LogP contribution is 2.25. The van der Waals surface area contributed by atoms with Gasteiger partial charge >= 0.3 is 0 Å². The fourth-order valence-corrected chi connectivity index (χ4v) is 4.47. The summed E-state index contributed by atoms with van der Waals surface area (Å²) >= 11 is 11.8. The lowest BCUT2D eigenvalue weighted by Crippen LogP contribution is -2.47. The number of aryl methyl sites for hydroxylation is 1. The first kappa shape index (κ1) is 21.7. The molecule has 5 nitrogen and oxygen atoms in total. The molecule has 0 radical (unpaired) electrons. The SMILES string of the molecule is C[C@H](CCc1ccccc1)NC(=O)[C@H](C)NS(=O)(=O)c1cc(Cl)ccc1Cl. The standard InChI is InChI=1S/C19H22Cl2N2O3S/c1-13(8-9-15-6-4-3-5-7-15)22-19(24)14(2)23-27(25,26)18-12-16(20)10-11-17(18)21/h3-7,10-14,23H,8-9H2,1-2H3,(H,22,24)/t13-,14+/m1/s1. The topological polar surface area (TPSA) is 75.3 Å². The number of nitrogens with one attached hydrogen (secondary N) is 2. The summed E-state index contributed by atoms with van der Waals surface area (Å²) in [6.45, 7) is 3.37. The molecule has 0 saturated heterocycles. The highest BCUT2D eigenvalue weighted by atomic mass is 35.5. The molecular weight excluding hydrogens is 407 g/mol. The molecule has 0 aliphatic carbocycles. The Morgan fingerprint density at radius 3 is 2.41 bits per heavy atom. The average Bonchev–Trinajstić information content (AvgIpc) is 2.62. The fraction of sp³-hybridized carbons (Fsp3) is 0.316. The molecule has 2 rings (SSSR count). The Morgan fingerprint density at radius 2 is 1.74 bits per heavy atom. The number of hydrogen-bond donors (Lipinski definition) is 2. The second kappa shape index (κ2) is 9.55. The maximum Gasteiger partial charge on any atom is 0.242 e. The molecule has 27 heavy (non-hydrogen) atoms. The van der Waals surface area contributed by atoms with Crippen molar-refractivity contribution in [1.29, 1.82) is 0 Å². The Balaban J connectivity index is 1.93. The van der Waals surface area contributed by atoms with Gasteiger partial charge in [-0.15, -0.1) is 0 Å². The van der Waals surface area contributed by atoms with Crippen LogP contribution in [-0.4, -0.2) is 26.4 Å². The van der Waals surface area contributed by atoms with Gasteiger partial charge in [0.1, 0.15) is 4.90 Å². The first-order valence-electron chi connectivity index (χ1n) is 8.50. The van der Waals surface area contributed by atoms with Gasteiger partial charge in [-0.05, 0) is 50.5 Å². The summed E-state index contributed by atoms with van der Waals surface area (Å²) in [7, 11) is -3.98. The molecule has 8 heteroatoms. The number of sulfonamides is 1. The monoisotopic (exact) mass is 428 g/mol. The van der Waals surface area contributed by atoms with Gasteiger partial charge < -0.3 is 5.32 Å². The molecular formula is C19H22Cl2N2O3S. The second-order valence-electron chi connectivity index (χ2n) is 6.35. The molecule has 0 aliphatic rings.